The first-order valence-electron chi connectivity index (χ1n) is 7.47. The molecule has 0 saturated carbocycles. The molecule has 1 heterocycles. The fraction of sp³-hybridized carbons (Fsp3) is 0.278. The van der Waals surface area contributed by atoms with Gasteiger partial charge in [-0.05, 0) is 30.0 Å². The number of carbonyl (C=O) groups excluding carboxylic acids is 1. The fourth-order valence-electron chi connectivity index (χ4n) is 2.79. The van der Waals surface area contributed by atoms with Gasteiger partial charge in [0, 0.05) is 18.8 Å². The number of benzene rings is 2. The minimum atomic E-state index is 0.160. The molecule has 0 aromatic heterocycles. The zero-order valence-electron chi connectivity index (χ0n) is 12.1. The summed E-state index contributed by atoms with van der Waals surface area (Å²) in [5, 5.41) is 3.20. The molecular weight excluding hydrogens is 260 g/mol. The summed E-state index contributed by atoms with van der Waals surface area (Å²) >= 11 is 0. The van der Waals surface area contributed by atoms with Gasteiger partial charge >= 0.3 is 0 Å². The van der Waals surface area contributed by atoms with E-state index in [2.05, 4.69) is 35.6 Å². The number of anilines is 1. The molecule has 1 amide bonds. The summed E-state index contributed by atoms with van der Waals surface area (Å²) in [4.78, 5) is 14.2. The molecule has 21 heavy (non-hydrogen) atoms. The number of nitrogens with one attached hydrogen (secondary N) is 1. The van der Waals surface area contributed by atoms with Crippen molar-refractivity contribution < 1.29 is 4.79 Å². The topological polar surface area (TPSA) is 32.3 Å². The van der Waals surface area contributed by atoms with Crippen molar-refractivity contribution in [3.8, 4) is 0 Å². The predicted octanol–water partition coefficient (Wildman–Crippen LogP) is 2.76. The van der Waals surface area contributed by atoms with Gasteiger partial charge in [-0.15, -0.1) is 0 Å². The average Bonchev–Trinajstić information content (AvgIpc) is 2.68. The van der Waals surface area contributed by atoms with Crippen LogP contribution in [0.3, 0.4) is 0 Å². The Hall–Kier alpha value is -2.13. The first-order valence-corrected chi connectivity index (χ1v) is 7.47. The second-order valence-corrected chi connectivity index (χ2v) is 5.37. The SMILES string of the molecule is O=C1CNCc2ccccc2N1CCCc1ccccc1. The van der Waals surface area contributed by atoms with Gasteiger partial charge in [0.05, 0.1) is 6.54 Å². The van der Waals surface area contributed by atoms with E-state index in [1.807, 2.05) is 29.2 Å². The highest BCUT2D eigenvalue weighted by Crippen LogP contribution is 2.23. The lowest BCUT2D eigenvalue weighted by molar-refractivity contribution is -0.117. The molecule has 0 radical (unpaired) electrons. The van der Waals surface area contributed by atoms with Crippen LogP contribution in [0.2, 0.25) is 0 Å². The largest absolute Gasteiger partial charge is 0.311 e. The van der Waals surface area contributed by atoms with Crippen LogP contribution in [0.4, 0.5) is 5.69 Å². The van der Waals surface area contributed by atoms with E-state index in [1.54, 1.807) is 0 Å². The number of amides is 1. The fourth-order valence-corrected chi connectivity index (χ4v) is 2.79. The van der Waals surface area contributed by atoms with Gasteiger partial charge in [0.15, 0.2) is 0 Å². The van der Waals surface area contributed by atoms with Crippen molar-refractivity contribution >= 4 is 11.6 Å². The average molecular weight is 280 g/mol. The van der Waals surface area contributed by atoms with Gasteiger partial charge in [-0.1, -0.05) is 48.5 Å². The summed E-state index contributed by atoms with van der Waals surface area (Å²) in [6.45, 7) is 1.95. The monoisotopic (exact) mass is 280 g/mol. The van der Waals surface area contributed by atoms with Crippen molar-refractivity contribution in [2.45, 2.75) is 19.4 Å². The lowest BCUT2D eigenvalue weighted by Crippen LogP contribution is -2.36. The third kappa shape index (κ3) is 3.31. The lowest BCUT2D eigenvalue weighted by Gasteiger charge is -2.22. The molecule has 0 fully saturated rings. The van der Waals surface area contributed by atoms with E-state index in [9.17, 15) is 4.79 Å². The van der Waals surface area contributed by atoms with E-state index in [-0.39, 0.29) is 5.91 Å². The third-order valence-electron chi connectivity index (χ3n) is 3.87. The minimum Gasteiger partial charge on any atom is -0.311 e. The quantitative estimate of drug-likeness (QED) is 0.934. The summed E-state index contributed by atoms with van der Waals surface area (Å²) in [6.07, 6.45) is 1.98. The van der Waals surface area contributed by atoms with Crippen LogP contribution in [-0.4, -0.2) is 19.0 Å². The van der Waals surface area contributed by atoms with E-state index >= 15 is 0 Å². The molecule has 0 aliphatic carbocycles. The summed E-state index contributed by atoms with van der Waals surface area (Å²) in [6, 6.07) is 18.6. The van der Waals surface area contributed by atoms with E-state index in [0.29, 0.717) is 6.54 Å². The molecule has 0 unspecified atom stereocenters. The van der Waals surface area contributed by atoms with Crippen molar-refractivity contribution in [3.05, 3.63) is 65.7 Å². The van der Waals surface area contributed by atoms with Crippen LogP contribution in [-0.2, 0) is 17.8 Å². The molecule has 0 saturated heterocycles. The van der Waals surface area contributed by atoms with Crippen LogP contribution in [0.15, 0.2) is 54.6 Å². The van der Waals surface area contributed by atoms with E-state index in [1.165, 1.54) is 11.1 Å². The van der Waals surface area contributed by atoms with Gasteiger partial charge in [0.25, 0.3) is 0 Å². The van der Waals surface area contributed by atoms with E-state index in [4.69, 9.17) is 0 Å². The van der Waals surface area contributed by atoms with Crippen LogP contribution >= 0.6 is 0 Å². The molecule has 1 aliphatic rings. The molecule has 0 spiro atoms. The first-order chi connectivity index (χ1) is 10.3. The number of fused-ring (bicyclic) bond motifs is 1. The van der Waals surface area contributed by atoms with Crippen molar-refractivity contribution in [3.63, 3.8) is 0 Å². The van der Waals surface area contributed by atoms with Crippen molar-refractivity contribution in [1.82, 2.24) is 5.32 Å². The standard InChI is InChI=1S/C18H20N2O/c21-18-14-19-13-16-10-4-5-11-17(16)20(18)12-6-9-15-7-2-1-3-8-15/h1-5,7-8,10-11,19H,6,9,12-14H2. The van der Waals surface area contributed by atoms with E-state index in [0.717, 1.165) is 31.6 Å². The van der Waals surface area contributed by atoms with Gasteiger partial charge < -0.3 is 10.2 Å². The summed E-state index contributed by atoms with van der Waals surface area (Å²) in [7, 11) is 0. The Labute approximate surface area is 125 Å². The minimum absolute atomic E-state index is 0.160. The van der Waals surface area contributed by atoms with Crippen LogP contribution in [0, 0.1) is 0 Å². The van der Waals surface area contributed by atoms with Gasteiger partial charge in [-0.25, -0.2) is 0 Å². The molecule has 3 nitrogen and oxygen atoms in total. The number of carbonyl (C=O) groups is 1. The number of rotatable bonds is 4. The smallest absolute Gasteiger partial charge is 0.240 e. The molecular formula is C18H20N2O. The summed E-state index contributed by atoms with van der Waals surface area (Å²) in [5.74, 6) is 0.160. The molecule has 108 valence electrons. The number of aryl methyl sites for hydroxylation is 1. The third-order valence-corrected chi connectivity index (χ3v) is 3.87. The number of nitrogens with zero attached hydrogens (tertiary/aromatic N) is 1. The van der Waals surface area contributed by atoms with Gasteiger partial charge in [-0.3, -0.25) is 4.79 Å². The maximum atomic E-state index is 12.3. The van der Waals surface area contributed by atoms with Crippen LogP contribution < -0.4 is 10.2 Å². The van der Waals surface area contributed by atoms with E-state index < -0.39 is 0 Å². The highest BCUT2D eigenvalue weighted by Gasteiger charge is 2.20. The second-order valence-electron chi connectivity index (χ2n) is 5.37. The Balaban J connectivity index is 1.70. The van der Waals surface area contributed by atoms with Crippen molar-refractivity contribution in [2.75, 3.05) is 18.0 Å². The molecule has 0 atom stereocenters. The molecule has 2 aromatic rings. The molecule has 0 bridgehead atoms. The summed E-state index contributed by atoms with van der Waals surface area (Å²) in [5.41, 5.74) is 3.58. The Kier molecular flexibility index (Phi) is 4.31. The number of para-hydroxylation sites is 1. The highest BCUT2D eigenvalue weighted by atomic mass is 16.2. The number of hydrogen-bond donors (Lipinski definition) is 1. The van der Waals surface area contributed by atoms with Crippen LogP contribution in [0.1, 0.15) is 17.5 Å². The maximum absolute atomic E-state index is 12.3. The van der Waals surface area contributed by atoms with Gasteiger partial charge in [-0.2, -0.15) is 0 Å². The van der Waals surface area contributed by atoms with Crippen LogP contribution in [0.5, 0.6) is 0 Å². The maximum Gasteiger partial charge on any atom is 0.240 e. The molecule has 3 rings (SSSR count). The zero-order valence-corrected chi connectivity index (χ0v) is 12.1. The van der Waals surface area contributed by atoms with Crippen LogP contribution in [0.25, 0.3) is 0 Å². The lowest BCUT2D eigenvalue weighted by atomic mass is 10.1. The Morgan fingerprint density at radius 2 is 1.71 bits per heavy atom. The van der Waals surface area contributed by atoms with Gasteiger partial charge in [0.2, 0.25) is 5.91 Å². The predicted molar refractivity (Wildman–Crippen MR) is 85.3 cm³/mol. The number of hydrogen-bond acceptors (Lipinski definition) is 2. The normalized spacial score (nSPS) is 14.7. The second kappa shape index (κ2) is 6.55. The first kappa shape index (κ1) is 13.8. The summed E-state index contributed by atoms with van der Waals surface area (Å²) < 4.78 is 0. The zero-order chi connectivity index (χ0) is 14.5. The highest BCUT2D eigenvalue weighted by molar-refractivity contribution is 5.96. The molecule has 1 aliphatic heterocycles. The van der Waals surface area contributed by atoms with Gasteiger partial charge in [0.1, 0.15) is 0 Å². The molecule has 3 heteroatoms. The van der Waals surface area contributed by atoms with Crippen molar-refractivity contribution in [2.24, 2.45) is 0 Å². The Morgan fingerprint density at radius 3 is 2.57 bits per heavy atom. The molecule has 1 N–H and O–H groups in total. The molecule has 2 aromatic carbocycles. The Bertz CT molecular complexity index is 610. The Morgan fingerprint density at radius 1 is 0.952 bits per heavy atom. The van der Waals surface area contributed by atoms with Crippen molar-refractivity contribution in [1.29, 1.82) is 0 Å².